The number of nitrogen functional groups attached to an aromatic ring is 1. The van der Waals surface area contributed by atoms with Crippen LogP contribution >= 0.6 is 0 Å². The van der Waals surface area contributed by atoms with Crippen LogP contribution in [0.2, 0.25) is 0 Å². The molecule has 0 aliphatic rings. The zero-order valence-corrected chi connectivity index (χ0v) is 8.92. The molecule has 0 bridgehead atoms. The monoisotopic (exact) mass is 229 g/mol. The topological polar surface area (TPSA) is 88.2 Å². The van der Waals surface area contributed by atoms with E-state index in [1.165, 1.54) is 18.3 Å². The van der Waals surface area contributed by atoms with Gasteiger partial charge in [-0.2, -0.15) is 0 Å². The Labute approximate surface area is 97.9 Å². The van der Waals surface area contributed by atoms with E-state index >= 15 is 0 Å². The van der Waals surface area contributed by atoms with Crippen LogP contribution in [0.5, 0.6) is 5.75 Å². The van der Waals surface area contributed by atoms with Crippen LogP contribution in [0, 0.1) is 0 Å². The van der Waals surface area contributed by atoms with Crippen LogP contribution in [0.4, 0.5) is 11.4 Å². The molecule has 86 valence electrons. The molecule has 0 saturated heterocycles. The van der Waals surface area contributed by atoms with E-state index in [0.29, 0.717) is 11.3 Å². The second kappa shape index (κ2) is 4.52. The molecule has 5 nitrogen and oxygen atoms in total. The summed E-state index contributed by atoms with van der Waals surface area (Å²) < 4.78 is 0. The quantitative estimate of drug-likeness (QED) is 0.539. The van der Waals surface area contributed by atoms with Gasteiger partial charge in [0.2, 0.25) is 0 Å². The number of pyridine rings is 1. The lowest BCUT2D eigenvalue weighted by Gasteiger charge is -2.05. The smallest absolute Gasteiger partial charge is 0.255 e. The van der Waals surface area contributed by atoms with Gasteiger partial charge >= 0.3 is 0 Å². The molecule has 0 unspecified atom stereocenters. The molecule has 17 heavy (non-hydrogen) atoms. The Hall–Kier alpha value is -2.56. The average Bonchev–Trinajstić information content (AvgIpc) is 2.34. The Kier molecular flexibility index (Phi) is 2.91. The largest absolute Gasteiger partial charge is 0.506 e. The maximum atomic E-state index is 11.8. The highest BCUT2D eigenvalue weighted by molar-refractivity contribution is 6.04. The van der Waals surface area contributed by atoms with Crippen LogP contribution in [-0.4, -0.2) is 16.0 Å². The van der Waals surface area contributed by atoms with Crippen molar-refractivity contribution in [2.24, 2.45) is 0 Å². The van der Waals surface area contributed by atoms with Crippen molar-refractivity contribution in [3.05, 3.63) is 48.3 Å². The number of anilines is 2. The van der Waals surface area contributed by atoms with Crippen molar-refractivity contribution in [2.75, 3.05) is 11.1 Å². The molecule has 2 aromatic rings. The van der Waals surface area contributed by atoms with Gasteiger partial charge in [0.15, 0.2) is 0 Å². The van der Waals surface area contributed by atoms with E-state index in [9.17, 15) is 9.90 Å². The number of phenolic OH excluding ortho intramolecular Hbond substituents is 1. The molecule has 1 heterocycles. The van der Waals surface area contributed by atoms with Crippen molar-refractivity contribution in [2.45, 2.75) is 0 Å². The second-order valence-electron chi connectivity index (χ2n) is 3.47. The molecule has 0 aliphatic heterocycles. The van der Waals surface area contributed by atoms with Crippen molar-refractivity contribution in [1.29, 1.82) is 0 Å². The number of carbonyl (C=O) groups is 1. The first-order valence-corrected chi connectivity index (χ1v) is 4.96. The minimum Gasteiger partial charge on any atom is -0.506 e. The third-order valence-corrected chi connectivity index (χ3v) is 2.21. The number of benzene rings is 1. The van der Waals surface area contributed by atoms with Crippen LogP contribution in [-0.2, 0) is 0 Å². The summed E-state index contributed by atoms with van der Waals surface area (Å²) >= 11 is 0. The summed E-state index contributed by atoms with van der Waals surface area (Å²) in [7, 11) is 0. The molecular weight excluding hydrogens is 218 g/mol. The van der Waals surface area contributed by atoms with E-state index in [0.717, 1.165) is 0 Å². The number of nitrogens with one attached hydrogen (secondary N) is 1. The number of aromatic nitrogens is 1. The Morgan fingerprint density at radius 1 is 1.35 bits per heavy atom. The average molecular weight is 229 g/mol. The summed E-state index contributed by atoms with van der Waals surface area (Å²) in [5.74, 6) is -0.433. The Bertz CT molecular complexity index is 541. The number of nitrogens with two attached hydrogens (primary N) is 1. The lowest BCUT2D eigenvalue weighted by molar-refractivity contribution is 0.102. The van der Waals surface area contributed by atoms with E-state index < -0.39 is 0 Å². The van der Waals surface area contributed by atoms with E-state index in [4.69, 9.17) is 5.73 Å². The molecule has 0 saturated carbocycles. The zero-order chi connectivity index (χ0) is 12.3. The van der Waals surface area contributed by atoms with Gasteiger partial charge in [-0.1, -0.05) is 0 Å². The van der Waals surface area contributed by atoms with Gasteiger partial charge < -0.3 is 16.2 Å². The molecule has 2 rings (SSSR count). The molecule has 1 aromatic carbocycles. The number of nitrogens with zero attached hydrogens (tertiary/aromatic N) is 1. The highest BCUT2D eigenvalue weighted by atomic mass is 16.3. The molecule has 0 spiro atoms. The molecule has 1 aromatic heterocycles. The second-order valence-corrected chi connectivity index (χ2v) is 3.47. The summed E-state index contributed by atoms with van der Waals surface area (Å²) in [6, 6.07) is 7.79. The predicted molar refractivity (Wildman–Crippen MR) is 64.7 cm³/mol. The molecule has 1 amide bonds. The molecule has 0 fully saturated rings. The maximum Gasteiger partial charge on any atom is 0.255 e. The van der Waals surface area contributed by atoms with Crippen LogP contribution in [0.3, 0.4) is 0 Å². The van der Waals surface area contributed by atoms with E-state index in [-0.39, 0.29) is 17.3 Å². The summed E-state index contributed by atoms with van der Waals surface area (Å²) in [6.07, 6.45) is 3.15. The van der Waals surface area contributed by atoms with Gasteiger partial charge in [-0.05, 0) is 30.3 Å². The van der Waals surface area contributed by atoms with Crippen molar-refractivity contribution >= 4 is 17.3 Å². The lowest BCUT2D eigenvalue weighted by Crippen LogP contribution is -2.11. The van der Waals surface area contributed by atoms with Gasteiger partial charge in [0.25, 0.3) is 5.91 Å². The summed E-state index contributed by atoms with van der Waals surface area (Å²) in [5.41, 5.74) is 6.61. The van der Waals surface area contributed by atoms with E-state index in [1.54, 1.807) is 24.4 Å². The third-order valence-electron chi connectivity index (χ3n) is 2.21. The normalized spacial score (nSPS) is 9.88. The number of rotatable bonds is 2. The van der Waals surface area contributed by atoms with Crippen LogP contribution < -0.4 is 11.1 Å². The number of carbonyl (C=O) groups excluding carboxylic acids is 1. The first-order valence-electron chi connectivity index (χ1n) is 4.96. The fourth-order valence-electron chi connectivity index (χ4n) is 1.32. The molecule has 0 radical (unpaired) electrons. The number of hydrogen-bond acceptors (Lipinski definition) is 4. The molecule has 5 heteroatoms. The third kappa shape index (κ3) is 2.52. The number of phenols is 1. The van der Waals surface area contributed by atoms with Crippen LogP contribution in [0.15, 0.2) is 42.7 Å². The maximum absolute atomic E-state index is 11.8. The van der Waals surface area contributed by atoms with E-state index in [1.807, 2.05) is 0 Å². The van der Waals surface area contributed by atoms with Crippen molar-refractivity contribution in [3.63, 3.8) is 0 Å². The number of aromatic hydroxyl groups is 1. The van der Waals surface area contributed by atoms with Gasteiger partial charge in [0, 0.05) is 11.8 Å². The van der Waals surface area contributed by atoms with Gasteiger partial charge in [-0.15, -0.1) is 0 Å². The first kappa shape index (κ1) is 10.9. The van der Waals surface area contributed by atoms with Gasteiger partial charge in [0.05, 0.1) is 17.6 Å². The van der Waals surface area contributed by atoms with Crippen molar-refractivity contribution in [1.82, 2.24) is 4.98 Å². The Balaban J connectivity index is 2.18. The van der Waals surface area contributed by atoms with Crippen molar-refractivity contribution in [3.8, 4) is 5.75 Å². The fraction of sp³-hybridized carbons (Fsp3) is 0. The fourth-order valence-corrected chi connectivity index (χ4v) is 1.32. The van der Waals surface area contributed by atoms with Gasteiger partial charge in [-0.3, -0.25) is 9.78 Å². The van der Waals surface area contributed by atoms with Crippen LogP contribution in [0.1, 0.15) is 10.4 Å². The van der Waals surface area contributed by atoms with Crippen molar-refractivity contribution < 1.29 is 9.90 Å². The molecular formula is C12H11N3O2. The predicted octanol–water partition coefficient (Wildman–Crippen LogP) is 1.62. The van der Waals surface area contributed by atoms with Gasteiger partial charge in [-0.25, -0.2) is 0 Å². The SMILES string of the molecule is Nc1ccc(C(=O)Nc2cccnc2)cc1O. The summed E-state index contributed by atoms with van der Waals surface area (Å²) in [6.45, 7) is 0. The minimum absolute atomic E-state index is 0.108. The lowest BCUT2D eigenvalue weighted by atomic mass is 10.2. The number of amides is 1. The summed E-state index contributed by atoms with van der Waals surface area (Å²) in [5, 5.41) is 12.0. The zero-order valence-electron chi connectivity index (χ0n) is 8.92. The number of hydrogen-bond donors (Lipinski definition) is 3. The first-order chi connectivity index (χ1) is 8.16. The standard InChI is InChI=1S/C12H11N3O2/c13-10-4-3-8(6-11(10)16)12(17)15-9-2-1-5-14-7-9/h1-7,16H,13H2,(H,15,17). The highest BCUT2D eigenvalue weighted by Gasteiger charge is 2.08. The minimum atomic E-state index is -0.326. The Morgan fingerprint density at radius 2 is 2.18 bits per heavy atom. The Morgan fingerprint density at radius 3 is 2.82 bits per heavy atom. The van der Waals surface area contributed by atoms with Gasteiger partial charge in [0.1, 0.15) is 5.75 Å². The highest BCUT2D eigenvalue weighted by Crippen LogP contribution is 2.21. The molecule has 0 aliphatic carbocycles. The summed E-state index contributed by atoms with van der Waals surface area (Å²) in [4.78, 5) is 15.7. The molecule has 4 N–H and O–H groups in total. The van der Waals surface area contributed by atoms with Crippen LogP contribution in [0.25, 0.3) is 0 Å². The van der Waals surface area contributed by atoms with E-state index in [2.05, 4.69) is 10.3 Å². The molecule has 0 atom stereocenters.